The van der Waals surface area contributed by atoms with E-state index in [-0.39, 0.29) is 41.8 Å². The van der Waals surface area contributed by atoms with Crippen LogP contribution in [0.25, 0.3) is 0 Å². The van der Waals surface area contributed by atoms with Gasteiger partial charge in [-0.05, 0) is 66.9 Å². The number of carbonyl (C=O) groups is 2. The number of esters is 1. The van der Waals surface area contributed by atoms with Gasteiger partial charge in [0.1, 0.15) is 11.5 Å². The van der Waals surface area contributed by atoms with Crippen LogP contribution in [0.15, 0.2) is 12.1 Å². The zero-order valence-corrected chi connectivity index (χ0v) is 16.5. The number of hydrogen-bond acceptors (Lipinski definition) is 6. The number of aliphatic hydroxyl groups is 2. The number of aliphatic carboxylic acids is 1. The Balaban J connectivity index is 1.65. The topological polar surface area (TPSA) is 124 Å². The van der Waals surface area contributed by atoms with E-state index >= 15 is 0 Å². The molecule has 0 heterocycles. The maximum absolute atomic E-state index is 12.2. The summed E-state index contributed by atoms with van der Waals surface area (Å²) in [5, 5.41) is 39.7. The largest absolute Gasteiger partial charge is 0.508 e. The van der Waals surface area contributed by atoms with Crippen LogP contribution in [-0.4, -0.2) is 44.6 Å². The summed E-state index contributed by atoms with van der Waals surface area (Å²) in [5.74, 6) is -0.794. The molecule has 0 aliphatic heterocycles. The highest BCUT2D eigenvalue weighted by atomic mass is 16.5. The maximum Gasteiger partial charge on any atom is 0.311 e. The van der Waals surface area contributed by atoms with Crippen LogP contribution in [-0.2, 0) is 16.0 Å². The monoisotopic (exact) mass is 404 g/mol. The van der Waals surface area contributed by atoms with Crippen molar-refractivity contribution in [3.63, 3.8) is 0 Å². The Hall–Kier alpha value is -2.12. The molecule has 2 fully saturated rings. The molecule has 1 aromatic carbocycles. The molecular weight excluding hydrogens is 376 g/mol. The molecule has 0 radical (unpaired) electrons. The number of aryl methyl sites for hydroxylation is 1. The SMILES string of the molecule is C[C@]12CC[C@@H]3c4c(cc(O)cc4OC(=O)CCC(=O)O)CC[C@H]3[C@@H]1C[C@@H](O)[C@@H]2O. The molecule has 0 amide bonds. The summed E-state index contributed by atoms with van der Waals surface area (Å²) in [6, 6.07) is 3.15. The van der Waals surface area contributed by atoms with Crippen LogP contribution in [0, 0.1) is 17.3 Å². The van der Waals surface area contributed by atoms with Gasteiger partial charge in [0.25, 0.3) is 0 Å². The van der Waals surface area contributed by atoms with Crippen LogP contribution < -0.4 is 4.74 Å². The molecule has 0 spiro atoms. The van der Waals surface area contributed by atoms with Crippen molar-refractivity contribution < 1.29 is 34.8 Å². The molecule has 7 nitrogen and oxygen atoms in total. The lowest BCUT2D eigenvalue weighted by atomic mass is 9.55. The van der Waals surface area contributed by atoms with Crippen LogP contribution in [0.5, 0.6) is 11.5 Å². The van der Waals surface area contributed by atoms with Gasteiger partial charge in [-0.25, -0.2) is 0 Å². The number of benzene rings is 1. The van der Waals surface area contributed by atoms with E-state index < -0.39 is 24.1 Å². The Morgan fingerprint density at radius 3 is 2.69 bits per heavy atom. The smallest absolute Gasteiger partial charge is 0.311 e. The minimum absolute atomic E-state index is 0.0237. The van der Waals surface area contributed by atoms with Gasteiger partial charge >= 0.3 is 11.9 Å². The molecule has 158 valence electrons. The third-order valence-electron chi connectivity index (χ3n) is 7.51. The third-order valence-corrected chi connectivity index (χ3v) is 7.51. The molecule has 4 rings (SSSR count). The van der Waals surface area contributed by atoms with E-state index in [0.717, 1.165) is 36.8 Å². The summed E-state index contributed by atoms with van der Waals surface area (Å²) in [7, 11) is 0. The van der Waals surface area contributed by atoms with Crippen molar-refractivity contribution in [1.82, 2.24) is 0 Å². The fraction of sp³-hybridized carbons (Fsp3) is 0.636. The van der Waals surface area contributed by atoms with Crippen molar-refractivity contribution in [1.29, 1.82) is 0 Å². The minimum atomic E-state index is -1.06. The van der Waals surface area contributed by atoms with Gasteiger partial charge < -0.3 is 25.2 Å². The first-order valence-corrected chi connectivity index (χ1v) is 10.3. The summed E-state index contributed by atoms with van der Waals surface area (Å²) in [6.07, 6.45) is 1.80. The molecule has 3 aliphatic rings. The predicted molar refractivity (Wildman–Crippen MR) is 103 cm³/mol. The van der Waals surface area contributed by atoms with Crippen molar-refractivity contribution in [2.75, 3.05) is 0 Å². The van der Waals surface area contributed by atoms with E-state index in [4.69, 9.17) is 9.84 Å². The van der Waals surface area contributed by atoms with Gasteiger partial charge in [0.05, 0.1) is 25.0 Å². The maximum atomic E-state index is 12.2. The van der Waals surface area contributed by atoms with Gasteiger partial charge in [-0.2, -0.15) is 0 Å². The number of ether oxygens (including phenoxy) is 1. The molecule has 3 aliphatic carbocycles. The lowest BCUT2D eigenvalue weighted by molar-refractivity contribution is -0.142. The van der Waals surface area contributed by atoms with E-state index in [1.807, 2.05) is 0 Å². The van der Waals surface area contributed by atoms with Gasteiger partial charge in [-0.15, -0.1) is 0 Å². The number of aromatic hydroxyl groups is 1. The first-order chi connectivity index (χ1) is 13.7. The summed E-state index contributed by atoms with van der Waals surface area (Å²) in [6.45, 7) is 2.06. The zero-order chi connectivity index (χ0) is 20.9. The summed E-state index contributed by atoms with van der Waals surface area (Å²) in [5.41, 5.74) is 1.56. The van der Waals surface area contributed by atoms with Crippen molar-refractivity contribution in [3.8, 4) is 11.5 Å². The Kier molecular flexibility index (Phi) is 5.07. The molecule has 6 atom stereocenters. The number of carboxylic acids is 1. The highest BCUT2D eigenvalue weighted by molar-refractivity contribution is 5.78. The number of aliphatic hydroxyl groups excluding tert-OH is 2. The lowest BCUT2D eigenvalue weighted by Gasteiger charge is -2.50. The first kappa shape index (κ1) is 20.2. The molecule has 0 bridgehead atoms. The van der Waals surface area contributed by atoms with Crippen LogP contribution in [0.3, 0.4) is 0 Å². The summed E-state index contributed by atoms with van der Waals surface area (Å²) in [4.78, 5) is 22.9. The molecule has 2 saturated carbocycles. The molecule has 0 aromatic heterocycles. The highest BCUT2D eigenvalue weighted by Crippen LogP contribution is 2.62. The normalized spacial score (nSPS) is 35.3. The van der Waals surface area contributed by atoms with Gasteiger partial charge in [0.2, 0.25) is 0 Å². The predicted octanol–water partition coefficient (Wildman–Crippen LogP) is 2.35. The quantitative estimate of drug-likeness (QED) is 0.448. The number of phenolic OH excluding ortho intramolecular Hbond substituents is 1. The van der Waals surface area contributed by atoms with Crippen LogP contribution >= 0.6 is 0 Å². The van der Waals surface area contributed by atoms with Gasteiger partial charge in [-0.1, -0.05) is 6.92 Å². The average molecular weight is 404 g/mol. The number of carbonyl (C=O) groups excluding carboxylic acids is 1. The summed E-state index contributed by atoms with van der Waals surface area (Å²) < 4.78 is 5.51. The number of rotatable bonds is 4. The standard InChI is InChI=1S/C22H28O7/c1-22-7-6-14-13(15(22)10-16(24)21(22)28)3-2-11-8-12(23)9-17(20(11)14)29-19(27)5-4-18(25)26/h8-9,13-16,21,23-24,28H,2-7,10H2,1H3,(H,25,26)/t13-,14+,15+,16-,21+,22+/m1/s1. The second-order valence-corrected chi connectivity index (χ2v) is 9.09. The van der Waals surface area contributed by atoms with Crippen molar-refractivity contribution >= 4 is 11.9 Å². The number of hydrogen-bond donors (Lipinski definition) is 4. The highest BCUT2D eigenvalue weighted by Gasteiger charge is 2.58. The second kappa shape index (κ2) is 7.29. The van der Waals surface area contributed by atoms with E-state index in [0.29, 0.717) is 12.2 Å². The second-order valence-electron chi connectivity index (χ2n) is 9.09. The Bertz CT molecular complexity index is 835. The first-order valence-electron chi connectivity index (χ1n) is 10.3. The zero-order valence-electron chi connectivity index (χ0n) is 16.5. The summed E-state index contributed by atoms with van der Waals surface area (Å²) >= 11 is 0. The van der Waals surface area contributed by atoms with Crippen LogP contribution in [0.1, 0.15) is 62.5 Å². The van der Waals surface area contributed by atoms with Crippen LogP contribution in [0.4, 0.5) is 0 Å². The van der Waals surface area contributed by atoms with Gasteiger partial charge in [0, 0.05) is 11.6 Å². The van der Waals surface area contributed by atoms with Gasteiger partial charge in [0.15, 0.2) is 0 Å². The molecule has 0 saturated heterocycles. The average Bonchev–Trinajstić information content (AvgIpc) is 2.89. The Morgan fingerprint density at radius 1 is 1.21 bits per heavy atom. The van der Waals surface area contributed by atoms with E-state index in [2.05, 4.69) is 6.92 Å². The van der Waals surface area contributed by atoms with Crippen molar-refractivity contribution in [3.05, 3.63) is 23.3 Å². The molecule has 0 unspecified atom stereocenters. The Labute approximate surface area is 169 Å². The van der Waals surface area contributed by atoms with E-state index in [1.165, 1.54) is 6.07 Å². The van der Waals surface area contributed by atoms with Gasteiger partial charge in [-0.3, -0.25) is 9.59 Å². The number of carboxylic acid groups (broad SMARTS) is 1. The molecule has 29 heavy (non-hydrogen) atoms. The third kappa shape index (κ3) is 3.40. The molecule has 4 N–H and O–H groups in total. The van der Waals surface area contributed by atoms with E-state index in [9.17, 15) is 24.9 Å². The fourth-order valence-electron chi connectivity index (χ4n) is 6.12. The minimum Gasteiger partial charge on any atom is -0.508 e. The van der Waals surface area contributed by atoms with Crippen LogP contribution in [0.2, 0.25) is 0 Å². The van der Waals surface area contributed by atoms with E-state index in [1.54, 1.807) is 6.07 Å². The van der Waals surface area contributed by atoms with Crippen molar-refractivity contribution in [2.45, 2.75) is 70.0 Å². The molecule has 1 aromatic rings. The molecular formula is C22H28O7. The fourth-order valence-corrected chi connectivity index (χ4v) is 6.12. The Morgan fingerprint density at radius 2 is 1.97 bits per heavy atom. The molecule has 7 heteroatoms. The van der Waals surface area contributed by atoms with Crippen molar-refractivity contribution in [2.24, 2.45) is 17.3 Å². The number of fused-ring (bicyclic) bond motifs is 5. The lowest BCUT2D eigenvalue weighted by Crippen LogP contribution is -2.45. The number of phenols is 1.